The average Bonchev–Trinajstić information content (AvgIpc) is 3.55. The number of carbonyl (C=O) groups is 2. The molecule has 4 aromatic rings. The first-order valence-electron chi connectivity index (χ1n) is 16.2. The van der Waals surface area contributed by atoms with Crippen molar-refractivity contribution in [2.24, 2.45) is 0 Å². The van der Waals surface area contributed by atoms with Crippen LogP contribution in [-0.4, -0.2) is 94.6 Å². The lowest BCUT2D eigenvalue weighted by atomic mass is 9.88. The molecule has 0 spiro atoms. The monoisotopic (exact) mass is 625 g/mol. The molecule has 2 aliphatic rings. The minimum Gasteiger partial charge on any atom is -0.458 e. The number of esters is 1. The van der Waals surface area contributed by atoms with Gasteiger partial charge < -0.3 is 29.3 Å². The maximum atomic E-state index is 12.9. The number of likely N-dealkylation sites (tertiary alicyclic amines) is 1. The highest BCUT2D eigenvalue weighted by Crippen LogP contribution is 2.32. The van der Waals surface area contributed by atoms with E-state index in [4.69, 9.17) is 9.47 Å². The van der Waals surface area contributed by atoms with Crippen molar-refractivity contribution in [3.8, 4) is 11.1 Å². The summed E-state index contributed by atoms with van der Waals surface area (Å²) in [5.41, 5.74) is 6.54. The number of piperazine rings is 1. The molecule has 0 aliphatic carbocycles. The van der Waals surface area contributed by atoms with Gasteiger partial charge in [-0.25, -0.2) is 14.1 Å². The maximum Gasteiger partial charge on any atom is 0.410 e. The minimum atomic E-state index is -1.37. The van der Waals surface area contributed by atoms with E-state index in [0.29, 0.717) is 38.1 Å². The van der Waals surface area contributed by atoms with Gasteiger partial charge in [-0.05, 0) is 74.5 Å². The van der Waals surface area contributed by atoms with Gasteiger partial charge in [-0.1, -0.05) is 54.6 Å². The van der Waals surface area contributed by atoms with Crippen LogP contribution in [0.2, 0.25) is 0 Å². The van der Waals surface area contributed by atoms with Crippen molar-refractivity contribution in [2.75, 3.05) is 50.8 Å². The number of piperidine rings is 1. The summed E-state index contributed by atoms with van der Waals surface area (Å²) in [5, 5.41) is 14.3. The number of amides is 1. The highest BCUT2D eigenvalue weighted by Gasteiger charge is 2.29. The van der Waals surface area contributed by atoms with Crippen LogP contribution in [0.1, 0.15) is 43.7 Å². The van der Waals surface area contributed by atoms with Crippen LogP contribution >= 0.6 is 0 Å². The fourth-order valence-electron chi connectivity index (χ4n) is 6.43. The van der Waals surface area contributed by atoms with Crippen molar-refractivity contribution in [3.63, 3.8) is 0 Å². The van der Waals surface area contributed by atoms with Gasteiger partial charge in [-0.3, -0.25) is 0 Å². The molecule has 10 nitrogen and oxygen atoms in total. The van der Waals surface area contributed by atoms with Crippen LogP contribution in [0.3, 0.4) is 0 Å². The Balaban J connectivity index is 1.05. The first kappa shape index (κ1) is 31.6. The standard InChI is InChI=1S/C36H43N5O5/c1-26(2)38-16-13-30(14-17-38)28-8-10-29(11-9-28)31-22-33-32(12-15-37-41(33)23-31)39-18-20-40(21-19-39)36(44)46-34(24-42)35(43)45-25-27-6-4-3-5-7-27/h3-12,15,22-23,26,30,34,42H,13-14,16-21,24-25H2,1-2H3. The number of rotatable bonds is 9. The quantitative estimate of drug-likeness (QED) is 0.261. The van der Waals surface area contributed by atoms with Crippen LogP contribution in [0.25, 0.3) is 16.6 Å². The lowest BCUT2D eigenvalue weighted by Gasteiger charge is -2.36. The van der Waals surface area contributed by atoms with Crippen LogP contribution < -0.4 is 4.90 Å². The highest BCUT2D eigenvalue weighted by atomic mass is 16.6. The van der Waals surface area contributed by atoms with Crippen LogP contribution in [0.5, 0.6) is 0 Å². The third kappa shape index (κ3) is 7.18. The first-order chi connectivity index (χ1) is 22.4. The van der Waals surface area contributed by atoms with E-state index in [1.165, 1.54) is 18.4 Å². The Morgan fingerprint density at radius 3 is 2.30 bits per heavy atom. The van der Waals surface area contributed by atoms with Gasteiger partial charge >= 0.3 is 12.1 Å². The van der Waals surface area contributed by atoms with Gasteiger partial charge in [0, 0.05) is 50.2 Å². The Hall–Kier alpha value is -4.41. The fraction of sp³-hybridized carbons (Fsp3) is 0.417. The van der Waals surface area contributed by atoms with Crippen molar-refractivity contribution in [1.82, 2.24) is 19.4 Å². The summed E-state index contributed by atoms with van der Waals surface area (Å²) in [5.74, 6) is -0.160. The summed E-state index contributed by atoms with van der Waals surface area (Å²) >= 11 is 0. The highest BCUT2D eigenvalue weighted by molar-refractivity contribution is 5.81. The molecular weight excluding hydrogens is 582 g/mol. The SMILES string of the molecule is CC(C)N1CCC(c2ccc(-c3cc4c(N5CCN(C(=O)OC(CO)C(=O)OCc6ccccc6)CC5)ccnn4c3)cc2)CC1. The zero-order valence-corrected chi connectivity index (χ0v) is 26.6. The molecule has 2 fully saturated rings. The second kappa shape index (κ2) is 14.3. The van der Waals surface area contributed by atoms with Gasteiger partial charge in [0.25, 0.3) is 0 Å². The fourth-order valence-corrected chi connectivity index (χ4v) is 6.43. The third-order valence-electron chi connectivity index (χ3n) is 9.24. The largest absolute Gasteiger partial charge is 0.458 e. The molecule has 1 amide bonds. The Morgan fingerprint density at radius 2 is 1.63 bits per heavy atom. The first-order valence-corrected chi connectivity index (χ1v) is 16.2. The Labute approximate surface area is 270 Å². The van der Waals surface area contributed by atoms with E-state index in [2.05, 4.69) is 65.3 Å². The molecule has 2 aromatic heterocycles. The molecule has 4 heterocycles. The number of aliphatic hydroxyl groups is 1. The van der Waals surface area contributed by atoms with Crippen molar-refractivity contribution in [1.29, 1.82) is 0 Å². The summed E-state index contributed by atoms with van der Waals surface area (Å²) < 4.78 is 12.5. The summed E-state index contributed by atoms with van der Waals surface area (Å²) in [4.78, 5) is 31.7. The predicted octanol–water partition coefficient (Wildman–Crippen LogP) is 4.95. The molecule has 0 bridgehead atoms. The van der Waals surface area contributed by atoms with E-state index in [1.54, 1.807) is 11.1 Å². The number of hydrogen-bond acceptors (Lipinski definition) is 8. The molecule has 0 radical (unpaired) electrons. The normalized spacial score (nSPS) is 17.0. The van der Waals surface area contributed by atoms with E-state index in [0.717, 1.165) is 41.0 Å². The molecule has 1 unspecified atom stereocenters. The minimum absolute atomic E-state index is 0.0392. The summed E-state index contributed by atoms with van der Waals surface area (Å²) in [6.45, 7) is 8.26. The van der Waals surface area contributed by atoms with E-state index >= 15 is 0 Å². The Morgan fingerprint density at radius 1 is 0.913 bits per heavy atom. The van der Waals surface area contributed by atoms with Crippen LogP contribution in [-0.2, 0) is 20.9 Å². The second-order valence-electron chi connectivity index (χ2n) is 12.4. The van der Waals surface area contributed by atoms with Gasteiger partial charge in [0.2, 0.25) is 6.10 Å². The number of aromatic nitrogens is 2. The van der Waals surface area contributed by atoms with E-state index < -0.39 is 24.8 Å². The van der Waals surface area contributed by atoms with Crippen LogP contribution in [0.4, 0.5) is 10.5 Å². The Kier molecular flexibility index (Phi) is 9.85. The lowest BCUT2D eigenvalue weighted by molar-refractivity contribution is -0.157. The van der Waals surface area contributed by atoms with Crippen molar-refractivity contribution in [2.45, 2.75) is 51.4 Å². The topological polar surface area (TPSA) is 99.8 Å². The van der Waals surface area contributed by atoms with Gasteiger partial charge in [-0.15, -0.1) is 0 Å². The molecule has 0 saturated carbocycles. The van der Waals surface area contributed by atoms with Crippen molar-refractivity contribution < 1.29 is 24.2 Å². The van der Waals surface area contributed by atoms with Gasteiger partial charge in [0.1, 0.15) is 6.61 Å². The zero-order chi connectivity index (χ0) is 32.0. The number of carbonyl (C=O) groups excluding carboxylic acids is 2. The molecule has 6 rings (SSSR count). The summed E-state index contributed by atoms with van der Waals surface area (Å²) in [6, 6.07) is 23.0. The molecule has 1 atom stereocenters. The molecule has 2 aromatic carbocycles. The molecule has 46 heavy (non-hydrogen) atoms. The van der Waals surface area contributed by atoms with Crippen molar-refractivity contribution in [3.05, 3.63) is 90.3 Å². The summed E-state index contributed by atoms with van der Waals surface area (Å²) in [6.07, 6.45) is 4.25. The van der Waals surface area contributed by atoms with Crippen molar-refractivity contribution >= 4 is 23.3 Å². The molecule has 1 N–H and O–H groups in total. The maximum absolute atomic E-state index is 12.9. The van der Waals surface area contributed by atoms with Gasteiger partial charge in [0.15, 0.2) is 0 Å². The Bertz CT molecular complexity index is 1610. The van der Waals surface area contributed by atoms with E-state index in [1.807, 2.05) is 40.9 Å². The zero-order valence-electron chi connectivity index (χ0n) is 26.6. The molecule has 242 valence electrons. The number of hydrogen-bond donors (Lipinski definition) is 1. The van der Waals surface area contributed by atoms with E-state index in [9.17, 15) is 14.7 Å². The number of benzene rings is 2. The van der Waals surface area contributed by atoms with Crippen LogP contribution in [0, 0.1) is 0 Å². The number of anilines is 1. The predicted molar refractivity (Wildman–Crippen MR) is 177 cm³/mol. The number of ether oxygens (including phenoxy) is 2. The molecule has 10 heteroatoms. The molecule has 2 saturated heterocycles. The van der Waals surface area contributed by atoms with Gasteiger partial charge in [-0.2, -0.15) is 5.10 Å². The third-order valence-corrected chi connectivity index (χ3v) is 9.24. The number of aliphatic hydroxyl groups excluding tert-OH is 1. The second-order valence-corrected chi connectivity index (χ2v) is 12.4. The molecular formula is C36H43N5O5. The smallest absolute Gasteiger partial charge is 0.410 e. The number of fused-ring (bicyclic) bond motifs is 1. The number of nitrogens with zero attached hydrogens (tertiary/aromatic N) is 5. The average molecular weight is 626 g/mol. The lowest BCUT2D eigenvalue weighted by Crippen LogP contribution is -2.50. The van der Waals surface area contributed by atoms with Crippen LogP contribution in [0.15, 0.2) is 79.1 Å². The molecule has 2 aliphatic heterocycles. The van der Waals surface area contributed by atoms with E-state index in [-0.39, 0.29) is 6.61 Å². The summed E-state index contributed by atoms with van der Waals surface area (Å²) in [7, 11) is 0. The van der Waals surface area contributed by atoms with Gasteiger partial charge in [0.05, 0.1) is 17.8 Å².